The number of ketones is 1. The van der Waals surface area contributed by atoms with Crippen molar-refractivity contribution in [3.05, 3.63) is 58.7 Å². The van der Waals surface area contributed by atoms with Gasteiger partial charge in [-0.25, -0.2) is 0 Å². The van der Waals surface area contributed by atoms with E-state index >= 15 is 0 Å². The van der Waals surface area contributed by atoms with Crippen LogP contribution >= 0.6 is 0 Å². The van der Waals surface area contributed by atoms with Crippen LogP contribution in [-0.4, -0.2) is 23.1 Å². The molecule has 5 nitrogen and oxygen atoms in total. The minimum atomic E-state index is -0.479. The number of carbonyl (C=O) groups excluding carboxylic acids is 1. The highest BCUT2D eigenvalue weighted by atomic mass is 16.5. The maximum atomic E-state index is 12.7. The Labute approximate surface area is 152 Å². The molecule has 136 valence electrons. The number of hydrogen-bond acceptors (Lipinski definition) is 5. The molecule has 1 atom stereocenters. The molecular weight excluding hydrogens is 332 g/mol. The predicted octanol–water partition coefficient (Wildman–Crippen LogP) is 4.32. The van der Waals surface area contributed by atoms with Crippen LogP contribution in [0, 0.1) is 0 Å². The van der Waals surface area contributed by atoms with E-state index < -0.39 is 6.10 Å². The highest BCUT2D eigenvalue weighted by Gasteiger charge is 2.33. The van der Waals surface area contributed by atoms with Gasteiger partial charge in [0.1, 0.15) is 34.7 Å². The highest BCUT2D eigenvalue weighted by molar-refractivity contribution is 6.03. The molecule has 0 aliphatic carbocycles. The van der Waals surface area contributed by atoms with Gasteiger partial charge in [0.2, 0.25) is 0 Å². The maximum absolute atomic E-state index is 12.7. The summed E-state index contributed by atoms with van der Waals surface area (Å²) in [6, 6.07) is 8.52. The normalized spacial score (nSPS) is 15.8. The Hall–Kier alpha value is -2.95. The van der Waals surface area contributed by atoms with E-state index in [4.69, 9.17) is 9.47 Å². The molecule has 0 aromatic heterocycles. The average Bonchev–Trinajstić information content (AvgIpc) is 2.60. The third-order valence-corrected chi connectivity index (χ3v) is 4.45. The SMILES string of the molecule is COc1ccc([C@@H]2CC(=O)c3c(O)cc(O)c(CC=C(C)C)c3O2)cc1. The lowest BCUT2D eigenvalue weighted by Gasteiger charge is -2.28. The van der Waals surface area contributed by atoms with Gasteiger partial charge in [0.25, 0.3) is 0 Å². The van der Waals surface area contributed by atoms with Crippen LogP contribution in [0.25, 0.3) is 0 Å². The summed E-state index contributed by atoms with van der Waals surface area (Å²) in [6.07, 6.45) is 2.00. The van der Waals surface area contributed by atoms with Gasteiger partial charge < -0.3 is 19.7 Å². The second-order valence-electron chi connectivity index (χ2n) is 6.59. The summed E-state index contributed by atoms with van der Waals surface area (Å²) in [6.45, 7) is 3.91. The van der Waals surface area contributed by atoms with Crippen LogP contribution in [0.3, 0.4) is 0 Å². The van der Waals surface area contributed by atoms with E-state index in [1.54, 1.807) is 7.11 Å². The fraction of sp³-hybridized carbons (Fsp3) is 0.286. The summed E-state index contributed by atoms with van der Waals surface area (Å²) >= 11 is 0. The van der Waals surface area contributed by atoms with Gasteiger partial charge in [-0.05, 0) is 38.0 Å². The van der Waals surface area contributed by atoms with Crippen LogP contribution in [0.4, 0.5) is 0 Å². The van der Waals surface area contributed by atoms with E-state index in [1.807, 2.05) is 44.2 Å². The lowest BCUT2D eigenvalue weighted by Crippen LogP contribution is -2.21. The number of benzene rings is 2. The Kier molecular flexibility index (Phi) is 4.89. The van der Waals surface area contributed by atoms with Gasteiger partial charge in [-0.3, -0.25) is 4.79 Å². The topological polar surface area (TPSA) is 76.0 Å². The Morgan fingerprint density at radius 3 is 2.54 bits per heavy atom. The molecule has 2 aromatic rings. The lowest BCUT2D eigenvalue weighted by atomic mass is 9.92. The Balaban J connectivity index is 2.03. The predicted molar refractivity (Wildman–Crippen MR) is 98.2 cm³/mol. The molecule has 0 fully saturated rings. The van der Waals surface area contributed by atoms with Crippen LogP contribution in [0.2, 0.25) is 0 Å². The largest absolute Gasteiger partial charge is 0.507 e. The molecule has 1 aliphatic heterocycles. The zero-order valence-corrected chi connectivity index (χ0v) is 15.1. The number of allylic oxidation sites excluding steroid dienone is 2. The molecular formula is C21H22O5. The minimum absolute atomic E-state index is 0.0815. The van der Waals surface area contributed by atoms with Crippen molar-refractivity contribution in [3.8, 4) is 23.0 Å². The fourth-order valence-electron chi connectivity index (χ4n) is 3.03. The number of methoxy groups -OCH3 is 1. The van der Waals surface area contributed by atoms with Crippen LogP contribution in [-0.2, 0) is 6.42 Å². The quantitative estimate of drug-likeness (QED) is 0.800. The first-order chi connectivity index (χ1) is 12.4. The zero-order chi connectivity index (χ0) is 18.8. The number of carbonyl (C=O) groups is 1. The number of Topliss-reactive ketones (excluding diaryl/α,β-unsaturated/α-hetero) is 1. The van der Waals surface area contributed by atoms with Crippen molar-refractivity contribution in [3.63, 3.8) is 0 Å². The lowest BCUT2D eigenvalue weighted by molar-refractivity contribution is 0.0842. The van der Waals surface area contributed by atoms with Crippen molar-refractivity contribution >= 4 is 5.78 Å². The van der Waals surface area contributed by atoms with Crippen molar-refractivity contribution in [2.75, 3.05) is 7.11 Å². The Morgan fingerprint density at radius 1 is 1.23 bits per heavy atom. The molecule has 3 rings (SSSR count). The third-order valence-electron chi connectivity index (χ3n) is 4.45. The molecule has 1 aliphatic rings. The molecule has 0 saturated heterocycles. The van der Waals surface area contributed by atoms with Crippen molar-refractivity contribution < 1.29 is 24.5 Å². The van der Waals surface area contributed by atoms with Crippen LogP contribution in [0.15, 0.2) is 42.0 Å². The molecule has 26 heavy (non-hydrogen) atoms. The second kappa shape index (κ2) is 7.12. The van der Waals surface area contributed by atoms with Crippen molar-refractivity contribution in [2.24, 2.45) is 0 Å². The molecule has 5 heteroatoms. The maximum Gasteiger partial charge on any atom is 0.174 e. The molecule has 0 saturated carbocycles. The van der Waals surface area contributed by atoms with Gasteiger partial charge in [-0.2, -0.15) is 0 Å². The second-order valence-corrected chi connectivity index (χ2v) is 6.59. The van der Waals surface area contributed by atoms with Gasteiger partial charge in [0, 0.05) is 11.6 Å². The molecule has 0 bridgehead atoms. The van der Waals surface area contributed by atoms with Gasteiger partial charge in [-0.1, -0.05) is 23.8 Å². The molecule has 0 unspecified atom stereocenters. The van der Waals surface area contributed by atoms with E-state index in [2.05, 4.69) is 0 Å². The summed E-state index contributed by atoms with van der Waals surface area (Å²) in [5, 5.41) is 20.4. The number of phenols is 2. The van der Waals surface area contributed by atoms with Gasteiger partial charge in [0.05, 0.1) is 13.5 Å². The summed E-state index contributed by atoms with van der Waals surface area (Å²) in [7, 11) is 1.59. The van der Waals surface area contributed by atoms with E-state index in [-0.39, 0.29) is 35.0 Å². The summed E-state index contributed by atoms with van der Waals surface area (Å²) in [5.74, 6) is 0.439. The first-order valence-electron chi connectivity index (χ1n) is 8.45. The van der Waals surface area contributed by atoms with Crippen LogP contribution < -0.4 is 9.47 Å². The standard InChI is InChI=1S/C21H22O5/c1-12(2)4-9-15-16(22)10-17(23)20-18(24)11-19(26-21(15)20)13-5-7-14(25-3)8-6-13/h4-8,10,19,22-23H,9,11H2,1-3H3/t19-/m0/s1. The monoisotopic (exact) mass is 354 g/mol. The number of phenolic OH excluding ortho intramolecular Hbond substituents is 2. The molecule has 0 amide bonds. The van der Waals surface area contributed by atoms with Gasteiger partial charge in [0.15, 0.2) is 5.78 Å². The average molecular weight is 354 g/mol. The number of rotatable bonds is 4. The van der Waals surface area contributed by atoms with Gasteiger partial charge in [-0.15, -0.1) is 0 Å². The van der Waals surface area contributed by atoms with Crippen molar-refractivity contribution in [1.82, 2.24) is 0 Å². The van der Waals surface area contributed by atoms with E-state index in [0.29, 0.717) is 12.0 Å². The van der Waals surface area contributed by atoms with E-state index in [0.717, 1.165) is 16.9 Å². The molecule has 0 radical (unpaired) electrons. The smallest absolute Gasteiger partial charge is 0.174 e. The zero-order valence-electron chi connectivity index (χ0n) is 15.1. The first-order valence-corrected chi connectivity index (χ1v) is 8.45. The number of hydrogen-bond donors (Lipinski definition) is 2. The Morgan fingerprint density at radius 2 is 1.92 bits per heavy atom. The van der Waals surface area contributed by atoms with E-state index in [9.17, 15) is 15.0 Å². The summed E-state index contributed by atoms with van der Waals surface area (Å²) < 4.78 is 11.2. The summed E-state index contributed by atoms with van der Waals surface area (Å²) in [5.41, 5.74) is 2.57. The van der Waals surface area contributed by atoms with Crippen LogP contribution in [0.1, 0.15) is 47.9 Å². The number of fused-ring (bicyclic) bond motifs is 1. The number of ether oxygens (including phenoxy) is 2. The Bertz CT molecular complexity index is 861. The molecule has 2 aromatic carbocycles. The van der Waals surface area contributed by atoms with Gasteiger partial charge >= 0.3 is 0 Å². The number of aromatic hydroxyl groups is 2. The van der Waals surface area contributed by atoms with E-state index in [1.165, 1.54) is 6.07 Å². The van der Waals surface area contributed by atoms with Crippen LogP contribution in [0.5, 0.6) is 23.0 Å². The molecule has 2 N–H and O–H groups in total. The third kappa shape index (κ3) is 3.38. The highest BCUT2D eigenvalue weighted by Crippen LogP contribution is 2.45. The molecule has 1 heterocycles. The fourth-order valence-corrected chi connectivity index (χ4v) is 3.03. The summed E-state index contributed by atoms with van der Waals surface area (Å²) in [4.78, 5) is 12.7. The molecule has 0 spiro atoms. The first kappa shape index (κ1) is 17.9. The van der Waals surface area contributed by atoms with Crippen molar-refractivity contribution in [1.29, 1.82) is 0 Å². The minimum Gasteiger partial charge on any atom is -0.507 e. The van der Waals surface area contributed by atoms with Crippen molar-refractivity contribution in [2.45, 2.75) is 32.8 Å².